The molecule has 1 aliphatic rings. The molecule has 0 unspecified atom stereocenters. The molecule has 0 bridgehead atoms. The van der Waals surface area contributed by atoms with Gasteiger partial charge in [-0.2, -0.15) is 0 Å². The fourth-order valence-electron chi connectivity index (χ4n) is 3.26. The van der Waals surface area contributed by atoms with Gasteiger partial charge in [0, 0.05) is 31.7 Å². The van der Waals surface area contributed by atoms with E-state index in [9.17, 15) is 9.18 Å². The second kappa shape index (κ2) is 8.05. The number of anilines is 2. The Bertz CT molecular complexity index is 1120. The largest absolute Gasteiger partial charge is 0.344 e. The maximum absolute atomic E-state index is 13.1. The summed E-state index contributed by atoms with van der Waals surface area (Å²) < 4.78 is 14.9. The first-order valence-corrected chi connectivity index (χ1v) is 11.0. The van der Waals surface area contributed by atoms with E-state index in [2.05, 4.69) is 35.4 Å². The van der Waals surface area contributed by atoms with E-state index >= 15 is 0 Å². The Morgan fingerprint density at radius 3 is 2.67 bits per heavy atom. The Morgan fingerprint density at radius 2 is 1.97 bits per heavy atom. The van der Waals surface area contributed by atoms with Crippen molar-refractivity contribution in [1.29, 1.82) is 0 Å². The van der Waals surface area contributed by atoms with Crippen LogP contribution < -0.4 is 10.2 Å². The van der Waals surface area contributed by atoms with Crippen molar-refractivity contribution in [2.75, 3.05) is 42.9 Å². The Hall–Kier alpha value is -2.96. The van der Waals surface area contributed by atoms with Crippen molar-refractivity contribution in [3.8, 4) is 11.3 Å². The number of rotatable bonds is 5. The summed E-state index contributed by atoms with van der Waals surface area (Å²) >= 11 is 2.82. The molecule has 154 valence electrons. The number of nitrogens with zero attached hydrogens (tertiary/aromatic N) is 7. The highest BCUT2D eigenvalue weighted by Gasteiger charge is 2.22. The molecule has 4 aromatic rings. The Balaban J connectivity index is 1.19. The van der Waals surface area contributed by atoms with Gasteiger partial charge in [0.2, 0.25) is 21.1 Å². The van der Waals surface area contributed by atoms with E-state index in [1.54, 1.807) is 22.2 Å². The molecule has 0 spiro atoms. The zero-order chi connectivity index (χ0) is 20.5. The summed E-state index contributed by atoms with van der Waals surface area (Å²) in [6, 6.07) is 6.27. The zero-order valence-corrected chi connectivity index (χ0v) is 17.4. The summed E-state index contributed by atoms with van der Waals surface area (Å²) in [5.41, 5.74) is 3.21. The van der Waals surface area contributed by atoms with Gasteiger partial charge in [0.25, 0.3) is 0 Å². The predicted octanol–water partition coefficient (Wildman–Crippen LogP) is 2.21. The van der Waals surface area contributed by atoms with Gasteiger partial charge in [0.1, 0.15) is 11.3 Å². The molecule has 1 saturated heterocycles. The van der Waals surface area contributed by atoms with E-state index in [-0.39, 0.29) is 11.7 Å². The number of fused-ring (bicyclic) bond motifs is 1. The minimum atomic E-state index is -0.267. The highest BCUT2D eigenvalue weighted by Crippen LogP contribution is 2.27. The highest BCUT2D eigenvalue weighted by atomic mass is 32.1. The highest BCUT2D eigenvalue weighted by molar-refractivity contribution is 7.20. The molecule has 1 fully saturated rings. The van der Waals surface area contributed by atoms with E-state index < -0.39 is 0 Å². The minimum absolute atomic E-state index is 0.0822. The molecule has 12 heteroatoms. The number of benzene rings is 1. The van der Waals surface area contributed by atoms with Crippen LogP contribution in [0.15, 0.2) is 36.0 Å². The molecule has 0 aliphatic carbocycles. The van der Waals surface area contributed by atoms with Crippen LogP contribution in [0, 0.1) is 5.82 Å². The van der Waals surface area contributed by atoms with Gasteiger partial charge >= 0.3 is 0 Å². The molecule has 4 heterocycles. The molecular weight excluding hydrogens is 427 g/mol. The Morgan fingerprint density at radius 1 is 1.17 bits per heavy atom. The van der Waals surface area contributed by atoms with Crippen LogP contribution in [0.5, 0.6) is 0 Å². The van der Waals surface area contributed by atoms with Crippen LogP contribution in [0.2, 0.25) is 0 Å². The lowest BCUT2D eigenvalue weighted by molar-refractivity contribution is -0.117. The average molecular weight is 445 g/mol. The molecule has 5 rings (SSSR count). The van der Waals surface area contributed by atoms with Crippen molar-refractivity contribution in [2.24, 2.45) is 0 Å². The van der Waals surface area contributed by atoms with E-state index in [0.717, 1.165) is 47.5 Å². The van der Waals surface area contributed by atoms with E-state index in [1.807, 2.05) is 6.20 Å². The summed E-state index contributed by atoms with van der Waals surface area (Å²) in [5.74, 6) is -0.349. The molecule has 0 radical (unpaired) electrons. The first-order chi connectivity index (χ1) is 14.6. The lowest BCUT2D eigenvalue weighted by Crippen LogP contribution is -2.48. The Labute approximate surface area is 178 Å². The number of imidazole rings is 1. The molecule has 0 saturated carbocycles. The number of hydrogen-bond acceptors (Lipinski definition) is 9. The standard InChI is InChI=1S/C18H17FN8OS2/c19-13-3-1-12(2-4-13)14-9-27-17(21-14)30-18(24-27)26-7-5-25(6-8-26)10-15(28)22-16-23-20-11-29-16/h1-4,9,11H,5-8,10H2,(H,22,23,28). The molecule has 9 nitrogen and oxygen atoms in total. The van der Waals surface area contributed by atoms with Crippen LogP contribution in [0.25, 0.3) is 16.2 Å². The van der Waals surface area contributed by atoms with Crippen molar-refractivity contribution in [1.82, 2.24) is 29.7 Å². The normalized spacial score (nSPS) is 15.0. The SMILES string of the molecule is O=C(CN1CCN(c2nn3cc(-c4ccc(F)cc4)nc3s2)CC1)Nc1nncs1. The van der Waals surface area contributed by atoms with Crippen LogP contribution in [0.3, 0.4) is 0 Å². The number of nitrogens with one attached hydrogen (secondary N) is 1. The molecule has 1 aromatic carbocycles. The Kier molecular flexibility index (Phi) is 5.11. The molecule has 1 N–H and O–H groups in total. The van der Waals surface area contributed by atoms with E-state index in [1.165, 1.54) is 34.8 Å². The lowest BCUT2D eigenvalue weighted by atomic mass is 10.2. The van der Waals surface area contributed by atoms with Crippen LogP contribution in [-0.4, -0.2) is 68.3 Å². The third kappa shape index (κ3) is 4.01. The smallest absolute Gasteiger partial charge is 0.240 e. The molecule has 1 amide bonds. The molecule has 3 aromatic heterocycles. The number of aromatic nitrogens is 5. The summed E-state index contributed by atoms with van der Waals surface area (Å²) in [4.78, 5) is 21.8. The van der Waals surface area contributed by atoms with Crippen molar-refractivity contribution < 1.29 is 9.18 Å². The van der Waals surface area contributed by atoms with Gasteiger partial charge in [0.15, 0.2) is 0 Å². The molecule has 1 aliphatic heterocycles. The number of piperazine rings is 1. The second-order valence-corrected chi connectivity index (χ2v) is 8.57. The minimum Gasteiger partial charge on any atom is -0.344 e. The van der Waals surface area contributed by atoms with Gasteiger partial charge in [-0.25, -0.2) is 13.9 Å². The topological polar surface area (TPSA) is 91.6 Å². The maximum Gasteiger partial charge on any atom is 0.240 e. The van der Waals surface area contributed by atoms with Gasteiger partial charge in [-0.05, 0) is 24.3 Å². The molecule has 30 heavy (non-hydrogen) atoms. The first kappa shape index (κ1) is 19.0. The van der Waals surface area contributed by atoms with Gasteiger partial charge in [-0.15, -0.1) is 15.3 Å². The summed E-state index contributed by atoms with van der Waals surface area (Å²) in [6.45, 7) is 3.44. The van der Waals surface area contributed by atoms with Crippen molar-refractivity contribution in [3.63, 3.8) is 0 Å². The number of hydrogen-bond donors (Lipinski definition) is 1. The average Bonchev–Trinajstić information content (AvgIpc) is 3.46. The van der Waals surface area contributed by atoms with Crippen molar-refractivity contribution in [3.05, 3.63) is 41.8 Å². The first-order valence-electron chi connectivity index (χ1n) is 9.29. The van der Waals surface area contributed by atoms with Gasteiger partial charge in [-0.3, -0.25) is 15.0 Å². The van der Waals surface area contributed by atoms with Crippen molar-refractivity contribution in [2.45, 2.75) is 0 Å². The summed E-state index contributed by atoms with van der Waals surface area (Å²) in [5, 5.41) is 16.4. The monoisotopic (exact) mass is 444 g/mol. The fourth-order valence-corrected chi connectivity index (χ4v) is 4.66. The van der Waals surface area contributed by atoms with Crippen LogP contribution in [0.1, 0.15) is 0 Å². The van der Waals surface area contributed by atoms with Gasteiger partial charge in [0.05, 0.1) is 18.4 Å². The maximum atomic E-state index is 13.1. The molecule has 0 atom stereocenters. The van der Waals surface area contributed by atoms with Crippen LogP contribution in [0.4, 0.5) is 14.7 Å². The lowest BCUT2D eigenvalue weighted by Gasteiger charge is -2.33. The van der Waals surface area contributed by atoms with Crippen LogP contribution >= 0.6 is 22.7 Å². The number of halogens is 1. The van der Waals surface area contributed by atoms with Crippen LogP contribution in [-0.2, 0) is 4.79 Å². The quantitative estimate of drug-likeness (QED) is 0.505. The summed E-state index contributed by atoms with van der Waals surface area (Å²) in [7, 11) is 0. The van der Waals surface area contributed by atoms with Gasteiger partial charge < -0.3 is 4.90 Å². The zero-order valence-electron chi connectivity index (χ0n) is 15.7. The second-order valence-electron chi connectivity index (χ2n) is 6.80. The van der Waals surface area contributed by atoms with Crippen molar-refractivity contribution >= 4 is 43.8 Å². The third-order valence-electron chi connectivity index (χ3n) is 4.79. The summed E-state index contributed by atoms with van der Waals surface area (Å²) in [6.07, 6.45) is 1.86. The number of carbonyl (C=O) groups excluding carboxylic acids is 1. The number of amides is 1. The van der Waals surface area contributed by atoms with Gasteiger partial charge in [-0.1, -0.05) is 22.7 Å². The fraction of sp³-hybridized carbons (Fsp3) is 0.278. The molecular formula is C18H17FN8OS2. The number of carbonyl (C=O) groups is 1. The predicted molar refractivity (Wildman–Crippen MR) is 113 cm³/mol. The van der Waals surface area contributed by atoms with E-state index in [4.69, 9.17) is 0 Å². The third-order valence-corrected chi connectivity index (χ3v) is 6.38. The van der Waals surface area contributed by atoms with E-state index in [0.29, 0.717) is 11.7 Å².